The van der Waals surface area contributed by atoms with Crippen LogP contribution >= 0.6 is 11.8 Å². The van der Waals surface area contributed by atoms with Gasteiger partial charge in [-0.1, -0.05) is 25.1 Å². The van der Waals surface area contributed by atoms with Crippen LogP contribution in [0.3, 0.4) is 0 Å². The molecule has 0 saturated carbocycles. The minimum atomic E-state index is 0.297. The van der Waals surface area contributed by atoms with E-state index >= 15 is 0 Å². The summed E-state index contributed by atoms with van der Waals surface area (Å²) in [7, 11) is 0. The van der Waals surface area contributed by atoms with Crippen molar-refractivity contribution >= 4 is 23.7 Å². The average molecular weight is 269 g/mol. The van der Waals surface area contributed by atoms with Gasteiger partial charge in [0.25, 0.3) is 0 Å². The van der Waals surface area contributed by atoms with E-state index in [1.54, 1.807) is 11.8 Å². The number of nitrogen functional groups attached to an aromatic ring is 1. The third-order valence-corrected chi connectivity index (χ3v) is 3.58. The largest absolute Gasteiger partial charge is 0.378 e. The third-order valence-electron chi connectivity index (χ3n) is 2.64. The second kappa shape index (κ2) is 6.75. The molecular weight excluding hydrogens is 250 g/mol. The Labute approximate surface area is 111 Å². The maximum Gasteiger partial charge on any atom is 0.231 e. The summed E-state index contributed by atoms with van der Waals surface area (Å²) < 4.78 is 5.31. The van der Waals surface area contributed by atoms with Crippen molar-refractivity contribution in [3.63, 3.8) is 0 Å². The maximum absolute atomic E-state index is 5.74. The molecule has 0 unspecified atom stereocenters. The first-order valence-corrected chi connectivity index (χ1v) is 7.25. The number of rotatable bonds is 5. The monoisotopic (exact) mass is 269 g/mol. The highest BCUT2D eigenvalue weighted by Gasteiger charge is 2.15. The number of aromatic nitrogens is 3. The van der Waals surface area contributed by atoms with E-state index in [9.17, 15) is 0 Å². The lowest BCUT2D eigenvalue weighted by Crippen LogP contribution is -2.37. The van der Waals surface area contributed by atoms with Crippen molar-refractivity contribution in [1.82, 2.24) is 15.0 Å². The van der Waals surface area contributed by atoms with Gasteiger partial charge in [-0.15, -0.1) is 0 Å². The topological polar surface area (TPSA) is 77.2 Å². The molecule has 0 radical (unpaired) electrons. The van der Waals surface area contributed by atoms with Gasteiger partial charge in [0.05, 0.1) is 13.2 Å². The van der Waals surface area contributed by atoms with Crippen molar-refractivity contribution < 1.29 is 4.74 Å². The molecule has 2 N–H and O–H groups in total. The first-order chi connectivity index (χ1) is 8.79. The summed E-state index contributed by atoms with van der Waals surface area (Å²) in [5, 5.41) is 0.720. The van der Waals surface area contributed by atoms with Gasteiger partial charge in [0.2, 0.25) is 11.9 Å². The van der Waals surface area contributed by atoms with Crippen molar-refractivity contribution in [2.24, 2.45) is 0 Å². The van der Waals surface area contributed by atoms with Crippen molar-refractivity contribution in [2.45, 2.75) is 24.9 Å². The number of ether oxygens (including phenoxy) is 1. The third kappa shape index (κ3) is 3.71. The fourth-order valence-electron chi connectivity index (χ4n) is 1.64. The molecule has 2 heterocycles. The molecule has 1 fully saturated rings. The van der Waals surface area contributed by atoms with E-state index in [0.717, 1.165) is 30.4 Å². The molecule has 18 heavy (non-hydrogen) atoms. The van der Waals surface area contributed by atoms with Crippen LogP contribution in [0.15, 0.2) is 5.16 Å². The van der Waals surface area contributed by atoms with Gasteiger partial charge in [-0.05, 0) is 6.42 Å². The molecular formula is C11H19N5OS. The summed E-state index contributed by atoms with van der Waals surface area (Å²) >= 11 is 1.64. The van der Waals surface area contributed by atoms with Crippen LogP contribution < -0.4 is 10.6 Å². The smallest absolute Gasteiger partial charge is 0.231 e. The molecule has 1 aromatic heterocycles. The van der Waals surface area contributed by atoms with Crippen LogP contribution in [-0.4, -0.2) is 47.0 Å². The predicted octanol–water partition coefficient (Wildman–Crippen LogP) is 1.18. The maximum atomic E-state index is 5.74. The Balaban J connectivity index is 2.05. The summed E-state index contributed by atoms with van der Waals surface area (Å²) in [6.45, 7) is 5.21. The van der Waals surface area contributed by atoms with Crippen molar-refractivity contribution in [3.8, 4) is 0 Å². The lowest BCUT2D eigenvalue weighted by molar-refractivity contribution is 0.122. The molecule has 1 aromatic rings. The quantitative estimate of drug-likeness (QED) is 0.635. The van der Waals surface area contributed by atoms with E-state index in [0.29, 0.717) is 25.1 Å². The van der Waals surface area contributed by atoms with Crippen molar-refractivity contribution in [3.05, 3.63) is 0 Å². The number of morpholine rings is 1. The van der Waals surface area contributed by atoms with Gasteiger partial charge in [-0.2, -0.15) is 15.0 Å². The number of hydrogen-bond acceptors (Lipinski definition) is 7. The highest BCUT2D eigenvalue weighted by Crippen LogP contribution is 2.19. The SMILES string of the molecule is CCCCSc1nc(N)nc(N2CCOCC2)n1. The predicted molar refractivity (Wildman–Crippen MR) is 72.9 cm³/mol. The van der Waals surface area contributed by atoms with Gasteiger partial charge in [0.1, 0.15) is 0 Å². The van der Waals surface area contributed by atoms with Crippen LogP contribution in [0.25, 0.3) is 0 Å². The molecule has 0 aromatic carbocycles. The zero-order chi connectivity index (χ0) is 12.8. The zero-order valence-electron chi connectivity index (χ0n) is 10.6. The molecule has 1 saturated heterocycles. The second-order valence-corrected chi connectivity index (χ2v) is 5.14. The summed E-state index contributed by atoms with van der Waals surface area (Å²) in [6, 6.07) is 0. The van der Waals surface area contributed by atoms with E-state index < -0.39 is 0 Å². The number of thioether (sulfide) groups is 1. The van der Waals surface area contributed by atoms with E-state index in [-0.39, 0.29) is 0 Å². The van der Waals surface area contributed by atoms with Gasteiger partial charge >= 0.3 is 0 Å². The van der Waals surface area contributed by atoms with Gasteiger partial charge in [-0.25, -0.2) is 0 Å². The fraction of sp³-hybridized carbons (Fsp3) is 0.727. The summed E-state index contributed by atoms with van der Waals surface area (Å²) in [5.74, 6) is 1.98. The Morgan fingerprint density at radius 1 is 1.28 bits per heavy atom. The normalized spacial score (nSPS) is 15.9. The van der Waals surface area contributed by atoms with Crippen LogP contribution in [0.4, 0.5) is 11.9 Å². The molecule has 100 valence electrons. The minimum absolute atomic E-state index is 0.297. The lowest BCUT2D eigenvalue weighted by Gasteiger charge is -2.26. The Kier molecular flexibility index (Phi) is 5.00. The highest BCUT2D eigenvalue weighted by molar-refractivity contribution is 7.99. The minimum Gasteiger partial charge on any atom is -0.378 e. The average Bonchev–Trinajstić information content (AvgIpc) is 2.39. The summed E-state index contributed by atoms with van der Waals surface area (Å²) in [4.78, 5) is 14.9. The molecule has 0 aliphatic carbocycles. The van der Waals surface area contributed by atoms with Crippen LogP contribution in [0.5, 0.6) is 0 Å². The Morgan fingerprint density at radius 2 is 2.06 bits per heavy atom. The molecule has 0 spiro atoms. The molecule has 0 amide bonds. The van der Waals surface area contributed by atoms with E-state index in [4.69, 9.17) is 10.5 Å². The van der Waals surface area contributed by atoms with Crippen molar-refractivity contribution in [1.29, 1.82) is 0 Å². The molecule has 0 bridgehead atoms. The molecule has 7 heteroatoms. The van der Waals surface area contributed by atoms with E-state index in [1.807, 2.05) is 0 Å². The van der Waals surface area contributed by atoms with Crippen LogP contribution in [0.2, 0.25) is 0 Å². The van der Waals surface area contributed by atoms with Crippen LogP contribution in [-0.2, 0) is 4.74 Å². The van der Waals surface area contributed by atoms with Gasteiger partial charge in [0.15, 0.2) is 5.16 Å². The Hall–Kier alpha value is -1.08. The molecule has 2 rings (SSSR count). The zero-order valence-corrected chi connectivity index (χ0v) is 11.4. The van der Waals surface area contributed by atoms with Crippen LogP contribution in [0, 0.1) is 0 Å². The summed E-state index contributed by atoms with van der Waals surface area (Å²) in [6.07, 6.45) is 2.33. The van der Waals surface area contributed by atoms with Gasteiger partial charge in [-0.3, -0.25) is 0 Å². The van der Waals surface area contributed by atoms with Gasteiger partial charge < -0.3 is 15.4 Å². The van der Waals surface area contributed by atoms with Crippen LogP contribution in [0.1, 0.15) is 19.8 Å². The van der Waals surface area contributed by atoms with Crippen molar-refractivity contribution in [2.75, 3.05) is 42.7 Å². The van der Waals surface area contributed by atoms with E-state index in [2.05, 4.69) is 26.8 Å². The Morgan fingerprint density at radius 3 is 2.78 bits per heavy atom. The first kappa shape index (κ1) is 13.4. The molecule has 0 atom stereocenters. The first-order valence-electron chi connectivity index (χ1n) is 6.26. The number of hydrogen-bond donors (Lipinski definition) is 1. The van der Waals surface area contributed by atoms with E-state index in [1.165, 1.54) is 6.42 Å². The lowest BCUT2D eigenvalue weighted by atomic mass is 10.4. The standard InChI is InChI=1S/C11H19N5OS/c1-2-3-8-18-11-14-9(12)13-10(15-11)16-4-6-17-7-5-16/h2-8H2,1H3,(H2,12,13,14,15). The fourth-order valence-corrected chi connectivity index (χ4v) is 2.56. The number of nitrogens with zero attached hydrogens (tertiary/aromatic N) is 4. The summed E-state index contributed by atoms with van der Waals surface area (Å²) in [5.41, 5.74) is 5.74. The van der Waals surface area contributed by atoms with Gasteiger partial charge in [0, 0.05) is 18.8 Å². The number of anilines is 2. The molecule has 1 aliphatic heterocycles. The second-order valence-electron chi connectivity index (χ2n) is 4.08. The number of unbranched alkanes of at least 4 members (excludes halogenated alkanes) is 1. The molecule has 6 nitrogen and oxygen atoms in total. The molecule has 1 aliphatic rings. The number of nitrogens with two attached hydrogens (primary N) is 1. The highest BCUT2D eigenvalue weighted by atomic mass is 32.2. The Bertz CT molecular complexity index is 384.